The Labute approximate surface area is 95.6 Å². The number of carboxylic acids is 1. The third-order valence-electron chi connectivity index (χ3n) is 3.18. The number of rotatable bonds is 5. The highest BCUT2D eigenvalue weighted by molar-refractivity contribution is 6.34. The molecule has 0 amide bonds. The molecule has 0 aromatic heterocycles. The van der Waals surface area contributed by atoms with Crippen molar-refractivity contribution in [3.8, 4) is 0 Å². The van der Waals surface area contributed by atoms with E-state index in [4.69, 9.17) is 10.8 Å². The molecule has 1 aliphatic heterocycles. The minimum absolute atomic E-state index is 0.430. The molecular weight excluding hydrogens is 208 g/mol. The second-order valence-electron chi connectivity index (χ2n) is 4.59. The van der Waals surface area contributed by atoms with Crippen LogP contribution >= 0.6 is 0 Å². The zero-order chi connectivity index (χ0) is 12.1. The highest BCUT2D eigenvalue weighted by Gasteiger charge is 2.22. The van der Waals surface area contributed by atoms with E-state index in [-0.39, 0.29) is 0 Å². The van der Waals surface area contributed by atoms with Gasteiger partial charge >= 0.3 is 5.97 Å². The highest BCUT2D eigenvalue weighted by Crippen LogP contribution is 2.16. The van der Waals surface area contributed by atoms with E-state index in [2.05, 4.69) is 11.8 Å². The molecule has 3 N–H and O–H groups in total. The number of Topliss-reactive ketones (excluding diaryl/α,β-unsaturated/α-hetero) is 1. The van der Waals surface area contributed by atoms with Crippen molar-refractivity contribution >= 4 is 11.8 Å². The van der Waals surface area contributed by atoms with Gasteiger partial charge in [0.25, 0.3) is 5.78 Å². The molecule has 0 bridgehead atoms. The molecule has 0 aromatic rings. The van der Waals surface area contributed by atoms with E-state index in [0.29, 0.717) is 13.0 Å². The van der Waals surface area contributed by atoms with Gasteiger partial charge in [0, 0.05) is 6.54 Å². The number of carbonyl (C=O) groups is 2. The molecule has 1 saturated heterocycles. The number of nitrogens with zero attached hydrogens (tertiary/aromatic N) is 1. The number of likely N-dealkylation sites (tertiary alicyclic amines) is 1. The molecule has 5 nitrogen and oxygen atoms in total. The van der Waals surface area contributed by atoms with Crippen molar-refractivity contribution in [2.75, 3.05) is 19.6 Å². The summed E-state index contributed by atoms with van der Waals surface area (Å²) in [6.45, 7) is 4.99. The van der Waals surface area contributed by atoms with Gasteiger partial charge in [-0.2, -0.15) is 0 Å². The Balaban J connectivity index is 2.24. The van der Waals surface area contributed by atoms with E-state index in [1.165, 1.54) is 12.8 Å². The average Bonchev–Trinajstić information content (AvgIpc) is 2.26. The molecule has 1 atom stereocenters. The van der Waals surface area contributed by atoms with Crippen molar-refractivity contribution in [1.29, 1.82) is 0 Å². The van der Waals surface area contributed by atoms with E-state index in [0.717, 1.165) is 19.0 Å². The number of aliphatic carboxylic acids is 1. The van der Waals surface area contributed by atoms with Gasteiger partial charge in [-0.05, 0) is 38.3 Å². The van der Waals surface area contributed by atoms with Crippen molar-refractivity contribution in [1.82, 2.24) is 4.90 Å². The van der Waals surface area contributed by atoms with Gasteiger partial charge in [0.05, 0.1) is 6.04 Å². The Kier molecular flexibility index (Phi) is 4.89. The Morgan fingerprint density at radius 1 is 1.44 bits per heavy atom. The number of hydrogen-bond acceptors (Lipinski definition) is 4. The molecule has 0 saturated carbocycles. The summed E-state index contributed by atoms with van der Waals surface area (Å²) in [5.74, 6) is -1.55. The fourth-order valence-corrected chi connectivity index (χ4v) is 1.90. The van der Waals surface area contributed by atoms with E-state index >= 15 is 0 Å². The number of hydrogen-bond donors (Lipinski definition) is 2. The maximum atomic E-state index is 11.0. The standard InChI is InChI=1S/C11H20N2O3/c1-8-2-5-13(6-3-8)7-4-9(12)10(14)11(15)16/h8-9H,2-7,12H2,1H3,(H,15,16)/t9-/m0/s1. The van der Waals surface area contributed by atoms with E-state index in [1.807, 2.05) is 0 Å². The van der Waals surface area contributed by atoms with Crippen molar-refractivity contribution in [3.05, 3.63) is 0 Å². The lowest BCUT2D eigenvalue weighted by atomic mass is 9.99. The molecule has 0 spiro atoms. The Morgan fingerprint density at radius 3 is 2.50 bits per heavy atom. The van der Waals surface area contributed by atoms with Gasteiger partial charge in [-0.15, -0.1) is 0 Å². The third-order valence-corrected chi connectivity index (χ3v) is 3.18. The molecule has 1 rings (SSSR count). The second kappa shape index (κ2) is 5.96. The summed E-state index contributed by atoms with van der Waals surface area (Å²) in [4.78, 5) is 23.7. The van der Waals surface area contributed by atoms with E-state index < -0.39 is 17.8 Å². The molecule has 5 heteroatoms. The first kappa shape index (κ1) is 13.1. The van der Waals surface area contributed by atoms with Crippen LogP contribution in [0.15, 0.2) is 0 Å². The van der Waals surface area contributed by atoms with Crippen LogP contribution in [0.4, 0.5) is 0 Å². The van der Waals surface area contributed by atoms with Crippen molar-refractivity contribution in [2.24, 2.45) is 11.7 Å². The van der Waals surface area contributed by atoms with Crippen LogP contribution in [0.25, 0.3) is 0 Å². The lowest BCUT2D eigenvalue weighted by Gasteiger charge is -2.30. The quantitative estimate of drug-likeness (QED) is 0.651. The second-order valence-corrected chi connectivity index (χ2v) is 4.59. The van der Waals surface area contributed by atoms with Crippen LogP contribution in [0.2, 0.25) is 0 Å². The maximum Gasteiger partial charge on any atom is 0.373 e. The summed E-state index contributed by atoms with van der Waals surface area (Å²) in [6.07, 6.45) is 2.77. The topological polar surface area (TPSA) is 83.6 Å². The molecule has 92 valence electrons. The lowest BCUT2D eigenvalue weighted by molar-refractivity contribution is -0.149. The normalized spacial score (nSPS) is 20.6. The Bertz CT molecular complexity index is 260. The molecule has 16 heavy (non-hydrogen) atoms. The summed E-state index contributed by atoms with van der Waals surface area (Å²) in [6, 6.07) is -0.864. The van der Waals surface area contributed by atoms with Crippen molar-refractivity contribution in [3.63, 3.8) is 0 Å². The summed E-state index contributed by atoms with van der Waals surface area (Å²) < 4.78 is 0. The number of carboxylic acid groups (broad SMARTS) is 1. The molecule has 1 aliphatic rings. The van der Waals surface area contributed by atoms with Gasteiger partial charge in [0.15, 0.2) is 0 Å². The van der Waals surface area contributed by atoms with Crippen LogP contribution < -0.4 is 5.73 Å². The fourth-order valence-electron chi connectivity index (χ4n) is 1.90. The van der Waals surface area contributed by atoms with Gasteiger partial charge in [0.1, 0.15) is 0 Å². The minimum atomic E-state index is -1.43. The van der Waals surface area contributed by atoms with Crippen LogP contribution in [-0.2, 0) is 9.59 Å². The predicted molar refractivity (Wildman–Crippen MR) is 60.1 cm³/mol. The van der Waals surface area contributed by atoms with Gasteiger partial charge in [-0.3, -0.25) is 4.79 Å². The first-order valence-electron chi connectivity index (χ1n) is 5.75. The predicted octanol–water partition coefficient (Wildman–Crippen LogP) is 0.0894. The molecule has 1 heterocycles. The number of ketones is 1. The monoisotopic (exact) mass is 228 g/mol. The summed E-state index contributed by atoms with van der Waals surface area (Å²) in [5.41, 5.74) is 5.51. The zero-order valence-electron chi connectivity index (χ0n) is 9.69. The lowest BCUT2D eigenvalue weighted by Crippen LogP contribution is -2.41. The smallest absolute Gasteiger partial charge is 0.373 e. The number of piperidine rings is 1. The summed E-state index contributed by atoms with van der Waals surface area (Å²) in [5, 5.41) is 8.48. The summed E-state index contributed by atoms with van der Waals surface area (Å²) in [7, 11) is 0. The molecular formula is C11H20N2O3. The van der Waals surface area contributed by atoms with Crippen LogP contribution in [0.3, 0.4) is 0 Å². The largest absolute Gasteiger partial charge is 0.475 e. The Hall–Kier alpha value is -0.940. The third kappa shape index (κ3) is 3.90. The first-order chi connectivity index (χ1) is 7.50. The molecule has 1 fully saturated rings. The molecule has 0 aromatic carbocycles. The van der Waals surface area contributed by atoms with Crippen LogP contribution in [-0.4, -0.2) is 47.4 Å². The highest BCUT2D eigenvalue weighted by atomic mass is 16.4. The van der Waals surface area contributed by atoms with Gasteiger partial charge < -0.3 is 15.7 Å². The van der Waals surface area contributed by atoms with Crippen molar-refractivity contribution in [2.45, 2.75) is 32.2 Å². The number of nitrogens with two attached hydrogens (primary N) is 1. The molecule has 0 unspecified atom stereocenters. The Morgan fingerprint density at radius 2 is 2.00 bits per heavy atom. The van der Waals surface area contributed by atoms with E-state index in [9.17, 15) is 9.59 Å². The average molecular weight is 228 g/mol. The molecule has 0 aliphatic carbocycles. The SMILES string of the molecule is CC1CCN(CC[C@H](N)C(=O)C(=O)O)CC1. The minimum Gasteiger partial charge on any atom is -0.475 e. The molecule has 0 radical (unpaired) electrons. The van der Waals surface area contributed by atoms with Gasteiger partial charge in [0.2, 0.25) is 0 Å². The first-order valence-corrected chi connectivity index (χ1v) is 5.75. The van der Waals surface area contributed by atoms with Crippen LogP contribution in [0.1, 0.15) is 26.2 Å². The van der Waals surface area contributed by atoms with Crippen LogP contribution in [0.5, 0.6) is 0 Å². The van der Waals surface area contributed by atoms with Gasteiger partial charge in [-0.1, -0.05) is 6.92 Å². The van der Waals surface area contributed by atoms with Crippen LogP contribution in [0, 0.1) is 5.92 Å². The zero-order valence-corrected chi connectivity index (χ0v) is 9.69. The van der Waals surface area contributed by atoms with Crippen molar-refractivity contribution < 1.29 is 14.7 Å². The van der Waals surface area contributed by atoms with Gasteiger partial charge in [-0.25, -0.2) is 4.79 Å². The summed E-state index contributed by atoms with van der Waals surface area (Å²) >= 11 is 0. The van der Waals surface area contributed by atoms with E-state index in [1.54, 1.807) is 0 Å². The maximum absolute atomic E-state index is 11.0. The fraction of sp³-hybridized carbons (Fsp3) is 0.818. The number of carbonyl (C=O) groups excluding carboxylic acids is 1.